The second-order valence-corrected chi connectivity index (χ2v) is 4.93. The highest BCUT2D eigenvalue weighted by Crippen LogP contribution is 2.12. The van der Waals surface area contributed by atoms with Crippen LogP contribution in [0.1, 0.15) is 70.6 Å². The predicted octanol–water partition coefficient (Wildman–Crippen LogP) is 4.39. The summed E-state index contributed by atoms with van der Waals surface area (Å²) in [5.74, 6) is 0.206. The van der Waals surface area contributed by atoms with Crippen LogP contribution in [0.15, 0.2) is 12.3 Å². The molecule has 0 aromatic rings. The monoisotopic (exact) mass is 238 g/mol. The summed E-state index contributed by atoms with van der Waals surface area (Å²) in [5.41, 5.74) is 0. The smallest absolute Gasteiger partial charge is 0.158 e. The number of ether oxygens (including phenoxy) is 1. The van der Waals surface area contributed by atoms with Gasteiger partial charge in [-0.05, 0) is 12.8 Å². The first-order valence-corrected chi connectivity index (χ1v) is 7.20. The van der Waals surface area contributed by atoms with E-state index >= 15 is 0 Å². The van der Waals surface area contributed by atoms with E-state index in [-0.39, 0.29) is 5.78 Å². The maximum atomic E-state index is 11.4. The molecule has 0 saturated heterocycles. The summed E-state index contributed by atoms with van der Waals surface area (Å²) in [7, 11) is 0. The molecule has 98 valence electrons. The third kappa shape index (κ3) is 8.96. The number of carbonyl (C=O) groups is 1. The summed E-state index contributed by atoms with van der Waals surface area (Å²) >= 11 is 0. The minimum atomic E-state index is 0.206. The van der Waals surface area contributed by atoms with Crippen molar-refractivity contribution in [2.45, 2.75) is 70.6 Å². The average Bonchev–Trinajstić information content (AvgIpc) is 2.32. The highest BCUT2D eigenvalue weighted by Gasteiger charge is 1.98. The van der Waals surface area contributed by atoms with Crippen molar-refractivity contribution in [3.63, 3.8) is 0 Å². The van der Waals surface area contributed by atoms with Crippen molar-refractivity contribution < 1.29 is 9.53 Å². The van der Waals surface area contributed by atoms with Crippen LogP contribution in [0.3, 0.4) is 0 Å². The minimum Gasteiger partial charge on any atom is -0.501 e. The van der Waals surface area contributed by atoms with Crippen LogP contribution in [0, 0.1) is 0 Å². The Balaban J connectivity index is 2.20. The summed E-state index contributed by atoms with van der Waals surface area (Å²) in [6, 6.07) is 0. The Bertz CT molecular complexity index is 221. The molecule has 17 heavy (non-hydrogen) atoms. The molecule has 1 aliphatic heterocycles. The van der Waals surface area contributed by atoms with Crippen LogP contribution < -0.4 is 0 Å². The van der Waals surface area contributed by atoms with Crippen molar-refractivity contribution in [3.8, 4) is 0 Å². The molecule has 0 aromatic carbocycles. The molecule has 2 heteroatoms. The molecular formula is C15H26O2. The van der Waals surface area contributed by atoms with Gasteiger partial charge in [0, 0.05) is 12.5 Å². The van der Waals surface area contributed by atoms with Crippen LogP contribution in [-0.2, 0) is 9.53 Å². The fourth-order valence-corrected chi connectivity index (χ4v) is 2.17. The van der Waals surface area contributed by atoms with Crippen LogP contribution in [-0.4, -0.2) is 12.4 Å². The normalized spacial score (nSPS) is 22.0. The van der Waals surface area contributed by atoms with E-state index in [1.807, 2.05) is 0 Å². The molecule has 0 radical (unpaired) electrons. The van der Waals surface area contributed by atoms with Crippen LogP contribution in [0.4, 0.5) is 0 Å². The summed E-state index contributed by atoms with van der Waals surface area (Å²) in [4.78, 5) is 11.4. The Hall–Kier alpha value is -0.790. The fraction of sp³-hybridized carbons (Fsp3) is 0.800. The van der Waals surface area contributed by atoms with E-state index in [2.05, 4.69) is 0 Å². The van der Waals surface area contributed by atoms with Gasteiger partial charge in [-0.2, -0.15) is 0 Å². The van der Waals surface area contributed by atoms with E-state index in [1.165, 1.54) is 51.4 Å². The molecule has 0 aliphatic carbocycles. The Morgan fingerprint density at radius 1 is 0.765 bits per heavy atom. The van der Waals surface area contributed by atoms with Crippen molar-refractivity contribution in [1.29, 1.82) is 0 Å². The predicted molar refractivity (Wildman–Crippen MR) is 70.9 cm³/mol. The molecule has 0 unspecified atom stereocenters. The van der Waals surface area contributed by atoms with Crippen LogP contribution in [0.2, 0.25) is 0 Å². The number of allylic oxidation sites excluding steroid dienone is 1. The molecule has 1 rings (SSSR count). The molecule has 2 nitrogen and oxygen atoms in total. The number of hydrogen-bond acceptors (Lipinski definition) is 2. The average molecular weight is 238 g/mol. The fourth-order valence-electron chi connectivity index (χ4n) is 2.17. The lowest BCUT2D eigenvalue weighted by molar-refractivity contribution is -0.114. The van der Waals surface area contributed by atoms with Crippen LogP contribution >= 0.6 is 0 Å². The standard InChI is InChI=1S/C15H26O2/c16-15-11-9-7-5-3-1-2-4-6-8-10-13-17-14-12-15/h12,14H,1-11,13H2. The highest BCUT2D eigenvalue weighted by atomic mass is 16.5. The van der Waals surface area contributed by atoms with E-state index in [9.17, 15) is 4.79 Å². The van der Waals surface area contributed by atoms with Crippen molar-refractivity contribution in [2.75, 3.05) is 6.61 Å². The number of ketones is 1. The van der Waals surface area contributed by atoms with Crippen molar-refractivity contribution in [1.82, 2.24) is 0 Å². The van der Waals surface area contributed by atoms with Gasteiger partial charge in [0.25, 0.3) is 0 Å². The topological polar surface area (TPSA) is 26.3 Å². The minimum absolute atomic E-state index is 0.206. The van der Waals surface area contributed by atoms with Gasteiger partial charge in [0.05, 0.1) is 12.9 Å². The molecule has 0 N–H and O–H groups in total. The lowest BCUT2D eigenvalue weighted by Crippen LogP contribution is -1.95. The van der Waals surface area contributed by atoms with Crippen molar-refractivity contribution in [3.05, 3.63) is 12.3 Å². The molecule has 1 heterocycles. The first-order chi connectivity index (χ1) is 8.39. The van der Waals surface area contributed by atoms with Gasteiger partial charge in [-0.1, -0.05) is 51.4 Å². The van der Waals surface area contributed by atoms with Gasteiger partial charge in [0.2, 0.25) is 0 Å². The molecule has 0 atom stereocenters. The zero-order valence-electron chi connectivity index (χ0n) is 11.0. The van der Waals surface area contributed by atoms with Crippen molar-refractivity contribution in [2.24, 2.45) is 0 Å². The molecule has 0 amide bonds. The van der Waals surface area contributed by atoms with Gasteiger partial charge in [0.15, 0.2) is 5.78 Å². The maximum Gasteiger partial charge on any atom is 0.158 e. The van der Waals surface area contributed by atoms with E-state index in [4.69, 9.17) is 4.74 Å². The van der Waals surface area contributed by atoms with Crippen LogP contribution in [0.25, 0.3) is 0 Å². The number of rotatable bonds is 0. The molecular weight excluding hydrogens is 212 g/mol. The van der Waals surface area contributed by atoms with Gasteiger partial charge in [0.1, 0.15) is 0 Å². The first kappa shape index (κ1) is 14.3. The zero-order valence-corrected chi connectivity index (χ0v) is 11.0. The molecule has 0 spiro atoms. The van der Waals surface area contributed by atoms with Gasteiger partial charge in [-0.3, -0.25) is 4.79 Å². The summed E-state index contributed by atoms with van der Waals surface area (Å²) in [6.07, 6.45) is 16.5. The zero-order chi connectivity index (χ0) is 12.2. The second kappa shape index (κ2) is 10.4. The Labute approximate surface area is 105 Å². The van der Waals surface area contributed by atoms with E-state index in [1.54, 1.807) is 12.3 Å². The third-order valence-corrected chi connectivity index (χ3v) is 3.29. The van der Waals surface area contributed by atoms with Gasteiger partial charge in [-0.25, -0.2) is 0 Å². The molecule has 0 aromatic heterocycles. The summed E-state index contributed by atoms with van der Waals surface area (Å²) in [6.45, 7) is 0.754. The van der Waals surface area contributed by atoms with Gasteiger partial charge in [-0.15, -0.1) is 0 Å². The molecule has 0 bridgehead atoms. The lowest BCUT2D eigenvalue weighted by atomic mass is 10.0. The second-order valence-electron chi connectivity index (χ2n) is 4.93. The van der Waals surface area contributed by atoms with Gasteiger partial charge < -0.3 is 4.74 Å². The third-order valence-electron chi connectivity index (χ3n) is 3.29. The van der Waals surface area contributed by atoms with E-state index in [0.29, 0.717) is 6.42 Å². The highest BCUT2D eigenvalue weighted by molar-refractivity contribution is 5.89. The Kier molecular flexibility index (Phi) is 8.71. The first-order valence-electron chi connectivity index (χ1n) is 7.20. The SMILES string of the molecule is O=C1C=COCCCCCCCCCCCC1. The van der Waals surface area contributed by atoms with Gasteiger partial charge >= 0.3 is 0 Å². The molecule has 0 saturated carbocycles. The number of hydrogen-bond donors (Lipinski definition) is 0. The summed E-state index contributed by atoms with van der Waals surface area (Å²) < 4.78 is 5.30. The number of carbonyl (C=O) groups excluding carboxylic acids is 1. The Morgan fingerprint density at radius 2 is 1.29 bits per heavy atom. The molecule has 0 fully saturated rings. The summed E-state index contributed by atoms with van der Waals surface area (Å²) in [5, 5.41) is 0. The Morgan fingerprint density at radius 3 is 1.94 bits per heavy atom. The lowest BCUT2D eigenvalue weighted by Gasteiger charge is -2.04. The molecule has 1 aliphatic rings. The van der Waals surface area contributed by atoms with Crippen LogP contribution in [0.5, 0.6) is 0 Å². The van der Waals surface area contributed by atoms with E-state index in [0.717, 1.165) is 19.4 Å². The quantitative estimate of drug-likeness (QED) is 0.625. The van der Waals surface area contributed by atoms with E-state index < -0.39 is 0 Å². The largest absolute Gasteiger partial charge is 0.501 e. The maximum absolute atomic E-state index is 11.4. The van der Waals surface area contributed by atoms with Crippen molar-refractivity contribution >= 4 is 5.78 Å².